The van der Waals surface area contributed by atoms with Crippen LogP contribution in [-0.2, 0) is 27.9 Å². The standard InChI is InChI=1S/C42H80NO7P/c1-3-5-7-9-11-13-15-17-19-20-21-22-24-26-28-30-32-34-37-47-39-41(40-49-51(45,46)48-38-36-43)50-42(44)35-33-31-29-27-25-23-18-16-14-12-10-8-6-4-2/h10,12,16,18,34,37,41H,3-9,11,13-15,17,19-33,35-36,38-40,43H2,1-2H3,(H,45,46)/b12-10-,18-16-,37-34-/t41-/m1/s1. The number of rotatable bonds is 40. The second-order valence-electron chi connectivity index (χ2n) is 13.9. The van der Waals surface area contributed by atoms with Gasteiger partial charge in [-0.15, -0.1) is 0 Å². The van der Waals surface area contributed by atoms with Crippen molar-refractivity contribution in [1.82, 2.24) is 0 Å². The highest BCUT2D eigenvalue weighted by atomic mass is 31.2. The van der Waals surface area contributed by atoms with Crippen LogP contribution in [0.1, 0.15) is 194 Å². The maximum Gasteiger partial charge on any atom is 0.472 e. The van der Waals surface area contributed by atoms with Crippen molar-refractivity contribution in [2.24, 2.45) is 5.73 Å². The summed E-state index contributed by atoms with van der Waals surface area (Å²) in [6.07, 6.45) is 45.4. The van der Waals surface area contributed by atoms with Crippen LogP contribution in [0.2, 0.25) is 0 Å². The van der Waals surface area contributed by atoms with Gasteiger partial charge in [-0.05, 0) is 51.0 Å². The molecule has 0 aromatic heterocycles. The summed E-state index contributed by atoms with van der Waals surface area (Å²) in [4.78, 5) is 22.4. The summed E-state index contributed by atoms with van der Waals surface area (Å²) >= 11 is 0. The lowest BCUT2D eigenvalue weighted by molar-refractivity contribution is -0.153. The van der Waals surface area contributed by atoms with Gasteiger partial charge in [-0.25, -0.2) is 4.57 Å². The normalized spacial score (nSPS) is 13.8. The molecule has 0 saturated carbocycles. The second-order valence-corrected chi connectivity index (χ2v) is 15.4. The maximum atomic E-state index is 12.5. The number of carbonyl (C=O) groups is 1. The molecular formula is C42H80NO7P. The van der Waals surface area contributed by atoms with Gasteiger partial charge >= 0.3 is 13.8 Å². The molecule has 0 radical (unpaired) electrons. The number of phosphoric acid groups is 1. The van der Waals surface area contributed by atoms with E-state index in [1.807, 2.05) is 6.08 Å². The van der Waals surface area contributed by atoms with Gasteiger partial charge in [-0.2, -0.15) is 0 Å². The molecule has 0 aromatic rings. The van der Waals surface area contributed by atoms with Crippen molar-refractivity contribution >= 4 is 13.8 Å². The summed E-state index contributed by atoms with van der Waals surface area (Å²) in [7, 11) is -4.29. The minimum atomic E-state index is -4.29. The first-order chi connectivity index (χ1) is 24.9. The lowest BCUT2D eigenvalue weighted by atomic mass is 10.0. The van der Waals surface area contributed by atoms with Gasteiger partial charge in [0.25, 0.3) is 0 Å². The first-order valence-corrected chi connectivity index (χ1v) is 22.5. The Hall–Kier alpha value is -1.44. The van der Waals surface area contributed by atoms with Crippen LogP contribution < -0.4 is 5.73 Å². The number of carbonyl (C=O) groups excluding carboxylic acids is 1. The molecule has 1 unspecified atom stereocenters. The molecule has 0 amide bonds. The molecular weight excluding hydrogens is 661 g/mol. The molecule has 0 aliphatic rings. The number of esters is 1. The van der Waals surface area contributed by atoms with Gasteiger partial charge in [0, 0.05) is 13.0 Å². The number of phosphoric ester groups is 1. The minimum Gasteiger partial charge on any atom is -0.498 e. The average molecular weight is 742 g/mol. The molecule has 0 bridgehead atoms. The zero-order chi connectivity index (χ0) is 37.4. The van der Waals surface area contributed by atoms with E-state index in [-0.39, 0.29) is 38.8 Å². The van der Waals surface area contributed by atoms with Gasteiger partial charge in [0.05, 0.1) is 19.5 Å². The SMILES string of the molecule is CCCC/C=C\C/C=C\CCCCCCCC(=O)O[C@H](CO/C=C\CCCCCCCCCCCCCCCCCC)COP(=O)(O)OCCN. The van der Waals surface area contributed by atoms with Crippen LogP contribution in [0.5, 0.6) is 0 Å². The molecule has 0 heterocycles. The summed E-state index contributed by atoms with van der Waals surface area (Å²) in [5.41, 5.74) is 5.36. The van der Waals surface area contributed by atoms with E-state index >= 15 is 0 Å². The molecule has 0 aromatic carbocycles. The van der Waals surface area contributed by atoms with E-state index in [9.17, 15) is 14.3 Å². The highest BCUT2D eigenvalue weighted by Crippen LogP contribution is 2.43. The monoisotopic (exact) mass is 742 g/mol. The van der Waals surface area contributed by atoms with Gasteiger partial charge in [0.15, 0.2) is 6.10 Å². The Balaban J connectivity index is 4.09. The van der Waals surface area contributed by atoms with E-state index in [0.29, 0.717) is 0 Å². The molecule has 8 nitrogen and oxygen atoms in total. The molecule has 0 aliphatic carbocycles. The predicted molar refractivity (Wildman–Crippen MR) is 215 cm³/mol. The summed E-state index contributed by atoms with van der Waals surface area (Å²) < 4.78 is 33.1. The largest absolute Gasteiger partial charge is 0.498 e. The molecule has 2 atom stereocenters. The maximum absolute atomic E-state index is 12.5. The first-order valence-electron chi connectivity index (χ1n) is 21.0. The van der Waals surface area contributed by atoms with Crippen molar-refractivity contribution in [2.45, 2.75) is 200 Å². The summed E-state index contributed by atoms with van der Waals surface area (Å²) in [5, 5.41) is 0. The van der Waals surface area contributed by atoms with Gasteiger partial charge < -0.3 is 20.1 Å². The Bertz CT molecular complexity index is 879. The Labute approximate surface area is 314 Å². The van der Waals surface area contributed by atoms with Gasteiger partial charge in [0.1, 0.15) is 6.61 Å². The number of unbranched alkanes of at least 4 members (excludes halogenated alkanes) is 23. The molecule has 3 N–H and O–H groups in total. The Morgan fingerprint density at radius 1 is 0.608 bits per heavy atom. The Kier molecular flexibility index (Phi) is 38.6. The Morgan fingerprint density at radius 3 is 1.61 bits per heavy atom. The van der Waals surface area contributed by atoms with E-state index in [1.165, 1.54) is 116 Å². The van der Waals surface area contributed by atoms with Gasteiger partial charge in [0.2, 0.25) is 0 Å². The molecule has 300 valence electrons. The van der Waals surface area contributed by atoms with E-state index in [1.54, 1.807) is 6.26 Å². The highest BCUT2D eigenvalue weighted by Gasteiger charge is 2.25. The lowest BCUT2D eigenvalue weighted by Gasteiger charge is -2.19. The van der Waals surface area contributed by atoms with Gasteiger partial charge in [-0.1, -0.05) is 167 Å². The Morgan fingerprint density at radius 2 is 1.08 bits per heavy atom. The van der Waals surface area contributed by atoms with E-state index < -0.39 is 13.9 Å². The van der Waals surface area contributed by atoms with Crippen LogP contribution in [-0.4, -0.2) is 43.3 Å². The van der Waals surface area contributed by atoms with E-state index in [4.69, 9.17) is 24.3 Å². The molecule has 51 heavy (non-hydrogen) atoms. The molecule has 0 fully saturated rings. The second kappa shape index (κ2) is 39.8. The van der Waals surface area contributed by atoms with Crippen molar-refractivity contribution in [2.75, 3.05) is 26.4 Å². The predicted octanol–water partition coefficient (Wildman–Crippen LogP) is 12.6. The van der Waals surface area contributed by atoms with Crippen LogP contribution in [0.4, 0.5) is 0 Å². The van der Waals surface area contributed by atoms with Crippen LogP contribution in [0.3, 0.4) is 0 Å². The number of allylic oxidation sites excluding steroid dienone is 5. The molecule has 0 spiro atoms. The van der Waals surface area contributed by atoms with Gasteiger partial charge in [-0.3, -0.25) is 13.8 Å². The molecule has 9 heteroatoms. The fraction of sp³-hybridized carbons (Fsp3) is 0.833. The number of nitrogens with two attached hydrogens (primary N) is 1. The molecule has 0 aliphatic heterocycles. The van der Waals surface area contributed by atoms with Crippen molar-refractivity contribution in [3.63, 3.8) is 0 Å². The van der Waals surface area contributed by atoms with Crippen molar-refractivity contribution in [3.8, 4) is 0 Å². The third-order valence-electron chi connectivity index (χ3n) is 8.87. The van der Waals surface area contributed by atoms with Crippen LogP contribution in [0, 0.1) is 0 Å². The van der Waals surface area contributed by atoms with Crippen molar-refractivity contribution in [3.05, 3.63) is 36.6 Å². The number of hydrogen-bond acceptors (Lipinski definition) is 7. The fourth-order valence-corrected chi connectivity index (χ4v) is 6.51. The number of ether oxygens (including phenoxy) is 2. The molecule has 0 rings (SSSR count). The number of hydrogen-bond donors (Lipinski definition) is 2. The average Bonchev–Trinajstić information content (AvgIpc) is 3.12. The van der Waals surface area contributed by atoms with Crippen LogP contribution in [0.15, 0.2) is 36.6 Å². The summed E-state index contributed by atoms with van der Waals surface area (Å²) in [6, 6.07) is 0. The van der Waals surface area contributed by atoms with Crippen LogP contribution in [0.25, 0.3) is 0 Å². The van der Waals surface area contributed by atoms with Crippen LogP contribution >= 0.6 is 7.82 Å². The summed E-state index contributed by atoms with van der Waals surface area (Å²) in [6.45, 7) is 4.19. The smallest absolute Gasteiger partial charge is 0.472 e. The van der Waals surface area contributed by atoms with E-state index in [2.05, 4.69) is 38.2 Å². The molecule has 0 saturated heterocycles. The zero-order valence-electron chi connectivity index (χ0n) is 33.1. The topological polar surface area (TPSA) is 117 Å². The first kappa shape index (κ1) is 49.6. The summed E-state index contributed by atoms with van der Waals surface area (Å²) in [5.74, 6) is -0.366. The van der Waals surface area contributed by atoms with Crippen molar-refractivity contribution in [1.29, 1.82) is 0 Å². The minimum absolute atomic E-state index is 0.0279. The zero-order valence-corrected chi connectivity index (χ0v) is 34.0. The van der Waals surface area contributed by atoms with E-state index in [0.717, 1.165) is 57.8 Å². The highest BCUT2D eigenvalue weighted by molar-refractivity contribution is 7.47. The lowest BCUT2D eigenvalue weighted by Crippen LogP contribution is -2.27. The quantitative estimate of drug-likeness (QED) is 0.0209. The van der Waals surface area contributed by atoms with Crippen molar-refractivity contribution < 1.29 is 32.8 Å². The third-order valence-corrected chi connectivity index (χ3v) is 9.86. The fourth-order valence-electron chi connectivity index (χ4n) is 5.74. The third kappa shape index (κ3) is 39.6.